The van der Waals surface area contributed by atoms with E-state index >= 15 is 0 Å². The summed E-state index contributed by atoms with van der Waals surface area (Å²) >= 11 is 0. The number of hydrogen-bond acceptors (Lipinski definition) is 1. The highest BCUT2D eigenvalue weighted by atomic mass is 16.5. The Kier molecular flexibility index (Phi) is 8.30. The van der Waals surface area contributed by atoms with E-state index in [-0.39, 0.29) is 0 Å². The predicted octanol–water partition coefficient (Wildman–Crippen LogP) is 6.16. The van der Waals surface area contributed by atoms with Crippen molar-refractivity contribution in [3.63, 3.8) is 0 Å². The molecule has 0 unspecified atom stereocenters. The van der Waals surface area contributed by atoms with Crippen LogP contribution in [0.25, 0.3) is 0 Å². The van der Waals surface area contributed by atoms with E-state index in [1.165, 1.54) is 64.2 Å². The molecule has 2 rings (SSSR count). The predicted molar refractivity (Wildman–Crippen MR) is 96.0 cm³/mol. The first-order valence-electron chi connectivity index (χ1n) is 9.60. The summed E-state index contributed by atoms with van der Waals surface area (Å²) in [6, 6.07) is 0. The molecule has 126 valence electrons. The van der Waals surface area contributed by atoms with Gasteiger partial charge in [-0.15, -0.1) is 0 Å². The zero-order valence-electron chi connectivity index (χ0n) is 14.8. The number of hydrogen-bond donors (Lipinski definition) is 0. The molecule has 2 aliphatic rings. The maximum absolute atomic E-state index is 5.10. The van der Waals surface area contributed by atoms with Gasteiger partial charge >= 0.3 is 0 Å². The lowest BCUT2D eigenvalue weighted by Gasteiger charge is -2.37. The van der Waals surface area contributed by atoms with Gasteiger partial charge in [0.2, 0.25) is 0 Å². The van der Waals surface area contributed by atoms with Crippen molar-refractivity contribution in [1.82, 2.24) is 0 Å². The molecule has 0 spiro atoms. The molecule has 1 nitrogen and oxygen atoms in total. The molecule has 0 aromatic rings. The lowest BCUT2D eigenvalue weighted by molar-refractivity contribution is 0.152. The van der Waals surface area contributed by atoms with Crippen molar-refractivity contribution in [3.05, 3.63) is 24.3 Å². The highest BCUT2D eigenvalue weighted by molar-refractivity contribution is 4.92. The summed E-state index contributed by atoms with van der Waals surface area (Å²) in [6.07, 6.45) is 23.6. The van der Waals surface area contributed by atoms with Crippen LogP contribution in [0.4, 0.5) is 0 Å². The van der Waals surface area contributed by atoms with E-state index in [4.69, 9.17) is 4.74 Å². The monoisotopic (exact) mass is 304 g/mol. The van der Waals surface area contributed by atoms with E-state index in [0.29, 0.717) is 0 Å². The fourth-order valence-electron chi connectivity index (χ4n) is 4.60. The summed E-state index contributed by atoms with van der Waals surface area (Å²) in [5, 5.41) is 0. The Balaban J connectivity index is 1.64. The second-order valence-corrected chi connectivity index (χ2v) is 7.49. The molecule has 2 aliphatic carbocycles. The van der Waals surface area contributed by atoms with Crippen LogP contribution in [0, 0.1) is 23.7 Å². The van der Waals surface area contributed by atoms with Crippen LogP contribution < -0.4 is 0 Å². The molecular formula is C21H36O. The molecule has 0 heterocycles. The number of allylic oxidation sites excluding steroid dienone is 3. The van der Waals surface area contributed by atoms with Crippen molar-refractivity contribution in [2.45, 2.75) is 71.1 Å². The van der Waals surface area contributed by atoms with Gasteiger partial charge in [0.15, 0.2) is 0 Å². The smallest absolute Gasteiger partial charge is 0.0643 e. The van der Waals surface area contributed by atoms with Crippen LogP contribution in [0.3, 0.4) is 0 Å². The van der Waals surface area contributed by atoms with Gasteiger partial charge in [0.05, 0.1) is 6.61 Å². The first-order chi connectivity index (χ1) is 10.8. The summed E-state index contributed by atoms with van der Waals surface area (Å²) in [4.78, 5) is 0. The molecule has 0 amide bonds. The third-order valence-electron chi connectivity index (χ3n) is 6.02. The lowest BCUT2D eigenvalue weighted by atomic mass is 9.68. The normalized spacial score (nSPS) is 33.7. The minimum atomic E-state index is 0.775. The zero-order valence-corrected chi connectivity index (χ0v) is 14.8. The van der Waals surface area contributed by atoms with Gasteiger partial charge in [-0.1, -0.05) is 37.1 Å². The quantitative estimate of drug-likeness (QED) is 0.512. The third-order valence-corrected chi connectivity index (χ3v) is 6.02. The van der Waals surface area contributed by atoms with Crippen molar-refractivity contribution in [3.8, 4) is 0 Å². The lowest BCUT2D eigenvalue weighted by Crippen LogP contribution is -2.25. The Morgan fingerprint density at radius 1 is 0.864 bits per heavy atom. The molecule has 0 N–H and O–H groups in total. The summed E-state index contributed by atoms with van der Waals surface area (Å²) < 4.78 is 5.10. The first kappa shape index (κ1) is 17.8. The number of ether oxygens (including phenoxy) is 1. The molecular weight excluding hydrogens is 268 g/mol. The summed E-state index contributed by atoms with van der Waals surface area (Å²) in [6.45, 7) is 2.91. The Bertz CT molecular complexity index is 328. The van der Waals surface area contributed by atoms with Gasteiger partial charge in [0.1, 0.15) is 0 Å². The third kappa shape index (κ3) is 5.91. The molecule has 1 heteroatoms. The highest BCUT2D eigenvalue weighted by Crippen LogP contribution is 2.42. The van der Waals surface area contributed by atoms with Crippen LogP contribution >= 0.6 is 0 Å². The Morgan fingerprint density at radius 3 is 2.09 bits per heavy atom. The first-order valence-corrected chi connectivity index (χ1v) is 9.60. The zero-order chi connectivity index (χ0) is 15.6. The SMILES string of the molecule is C/C=C/CCC1CCC(C2CCC(/C=C/COC)CC2)CC1. The van der Waals surface area contributed by atoms with E-state index in [0.717, 1.165) is 30.3 Å². The summed E-state index contributed by atoms with van der Waals surface area (Å²) in [5.74, 6) is 3.91. The molecule has 22 heavy (non-hydrogen) atoms. The fraction of sp³-hybridized carbons (Fsp3) is 0.810. The minimum absolute atomic E-state index is 0.775. The van der Waals surface area contributed by atoms with Crippen molar-refractivity contribution >= 4 is 0 Å². The van der Waals surface area contributed by atoms with Crippen LogP contribution in [0.2, 0.25) is 0 Å². The minimum Gasteiger partial charge on any atom is -0.381 e. The van der Waals surface area contributed by atoms with Gasteiger partial charge in [-0.2, -0.15) is 0 Å². The second kappa shape index (κ2) is 10.3. The average molecular weight is 305 g/mol. The molecule has 0 saturated heterocycles. The van der Waals surface area contributed by atoms with E-state index < -0.39 is 0 Å². The van der Waals surface area contributed by atoms with Crippen molar-refractivity contribution < 1.29 is 4.74 Å². The van der Waals surface area contributed by atoms with Gasteiger partial charge < -0.3 is 4.74 Å². The summed E-state index contributed by atoms with van der Waals surface area (Å²) in [5.41, 5.74) is 0. The van der Waals surface area contributed by atoms with Gasteiger partial charge in [0, 0.05) is 7.11 Å². The van der Waals surface area contributed by atoms with E-state index in [2.05, 4.69) is 31.2 Å². The van der Waals surface area contributed by atoms with Crippen LogP contribution in [0.5, 0.6) is 0 Å². The van der Waals surface area contributed by atoms with Crippen molar-refractivity contribution in [2.75, 3.05) is 13.7 Å². The van der Waals surface area contributed by atoms with Crippen molar-refractivity contribution in [2.24, 2.45) is 23.7 Å². The second-order valence-electron chi connectivity index (χ2n) is 7.49. The van der Waals surface area contributed by atoms with Gasteiger partial charge in [0.25, 0.3) is 0 Å². The largest absolute Gasteiger partial charge is 0.381 e. The number of methoxy groups -OCH3 is 1. The van der Waals surface area contributed by atoms with Crippen LogP contribution in [0.1, 0.15) is 71.1 Å². The van der Waals surface area contributed by atoms with Gasteiger partial charge in [-0.05, 0) is 82.0 Å². The number of rotatable bonds is 7. The average Bonchev–Trinajstić information content (AvgIpc) is 2.57. The Labute approximate surface area is 138 Å². The maximum Gasteiger partial charge on any atom is 0.0643 e. The topological polar surface area (TPSA) is 9.23 Å². The van der Waals surface area contributed by atoms with Crippen LogP contribution in [0.15, 0.2) is 24.3 Å². The Hall–Kier alpha value is -0.560. The van der Waals surface area contributed by atoms with Gasteiger partial charge in [-0.3, -0.25) is 0 Å². The van der Waals surface area contributed by atoms with Gasteiger partial charge in [-0.25, -0.2) is 0 Å². The molecule has 0 radical (unpaired) electrons. The summed E-state index contributed by atoms with van der Waals surface area (Å²) in [7, 11) is 1.77. The Morgan fingerprint density at radius 2 is 1.50 bits per heavy atom. The van der Waals surface area contributed by atoms with Crippen molar-refractivity contribution in [1.29, 1.82) is 0 Å². The van der Waals surface area contributed by atoms with E-state index in [1.807, 2.05) is 0 Å². The molecule has 0 aromatic carbocycles. The standard InChI is InChI=1S/C21H36O/c1-3-4-5-7-18-9-13-20(14-10-18)21-15-11-19(12-16-21)8-6-17-22-2/h3-4,6,8,18-21H,5,7,9-17H2,1-2H3/b4-3+,8-6+. The van der Waals surface area contributed by atoms with Crippen LogP contribution in [-0.2, 0) is 4.74 Å². The molecule has 0 aromatic heterocycles. The molecule has 2 fully saturated rings. The maximum atomic E-state index is 5.10. The molecule has 0 atom stereocenters. The van der Waals surface area contributed by atoms with E-state index in [9.17, 15) is 0 Å². The molecule has 0 aliphatic heterocycles. The molecule has 2 saturated carbocycles. The fourth-order valence-corrected chi connectivity index (χ4v) is 4.60. The van der Waals surface area contributed by atoms with E-state index in [1.54, 1.807) is 7.11 Å². The van der Waals surface area contributed by atoms with Crippen LogP contribution in [-0.4, -0.2) is 13.7 Å². The molecule has 0 bridgehead atoms. The highest BCUT2D eigenvalue weighted by Gasteiger charge is 2.29.